The smallest absolute Gasteiger partial charge is 0.269 e. The van der Waals surface area contributed by atoms with Gasteiger partial charge < -0.3 is 4.74 Å². The average Bonchev–Trinajstić information content (AvgIpc) is 2.46. The Morgan fingerprint density at radius 3 is 2.47 bits per heavy atom. The van der Waals surface area contributed by atoms with Crippen LogP contribution in [0.2, 0.25) is 0 Å². The van der Waals surface area contributed by atoms with Crippen molar-refractivity contribution >= 4 is 21.6 Å². The summed E-state index contributed by atoms with van der Waals surface area (Å²) in [5.41, 5.74) is 1.88. The fraction of sp³-hybridized carbons (Fsp3) is 0.154. The Balaban J connectivity index is 1.95. The van der Waals surface area contributed by atoms with Gasteiger partial charge in [-0.05, 0) is 29.8 Å². The second kappa shape index (κ2) is 6.29. The lowest BCUT2D eigenvalue weighted by Gasteiger charge is -2.06. The van der Waals surface area contributed by atoms with Crippen molar-refractivity contribution in [2.45, 2.75) is 11.9 Å². The number of hydrogen-bond donors (Lipinski definition) is 0. The van der Waals surface area contributed by atoms with Crippen LogP contribution in [0, 0.1) is 10.1 Å². The van der Waals surface area contributed by atoms with E-state index in [4.69, 9.17) is 4.74 Å². The Morgan fingerprint density at radius 2 is 1.95 bits per heavy atom. The van der Waals surface area contributed by atoms with Crippen molar-refractivity contribution in [3.05, 3.63) is 64.0 Å². The van der Waals surface area contributed by atoms with Crippen molar-refractivity contribution in [2.75, 3.05) is 0 Å². The lowest BCUT2D eigenvalue weighted by Crippen LogP contribution is -1.97. The fourth-order valence-corrected chi connectivity index (χ4v) is 1.79. The number of rotatable bonds is 5. The number of ether oxygens (including phenoxy) is 1. The van der Waals surface area contributed by atoms with Crippen LogP contribution in [0.3, 0.4) is 0 Å². The second-order valence-corrected chi connectivity index (χ2v) is 4.39. The third kappa shape index (κ3) is 3.75. The van der Waals surface area contributed by atoms with Crippen molar-refractivity contribution in [3.63, 3.8) is 0 Å². The van der Waals surface area contributed by atoms with Crippen molar-refractivity contribution in [3.8, 4) is 5.75 Å². The molecule has 0 aliphatic carbocycles. The molecule has 98 valence electrons. The van der Waals surface area contributed by atoms with Crippen molar-refractivity contribution in [1.82, 2.24) is 4.98 Å². The molecule has 1 heterocycles. The van der Waals surface area contributed by atoms with Gasteiger partial charge in [0.05, 0.1) is 16.8 Å². The summed E-state index contributed by atoms with van der Waals surface area (Å²) in [5.74, 6) is 0.669. The van der Waals surface area contributed by atoms with E-state index in [0.717, 1.165) is 11.3 Å². The number of alkyl halides is 1. The second-order valence-electron chi connectivity index (χ2n) is 3.83. The van der Waals surface area contributed by atoms with Crippen LogP contribution in [0.5, 0.6) is 5.75 Å². The minimum atomic E-state index is -0.423. The summed E-state index contributed by atoms with van der Waals surface area (Å²) >= 11 is 3.32. The monoisotopic (exact) mass is 322 g/mol. The van der Waals surface area contributed by atoms with Gasteiger partial charge in [-0.2, -0.15) is 0 Å². The quantitative estimate of drug-likeness (QED) is 0.480. The molecule has 0 amide bonds. The molecule has 0 N–H and O–H groups in total. The first kappa shape index (κ1) is 13.5. The van der Waals surface area contributed by atoms with E-state index >= 15 is 0 Å². The summed E-state index contributed by atoms with van der Waals surface area (Å²) in [6.45, 7) is 0.354. The number of halogens is 1. The van der Waals surface area contributed by atoms with Crippen molar-refractivity contribution < 1.29 is 9.66 Å². The van der Waals surface area contributed by atoms with Gasteiger partial charge in [-0.1, -0.05) is 15.9 Å². The average molecular weight is 323 g/mol. The molecule has 19 heavy (non-hydrogen) atoms. The molecule has 2 aromatic rings. The van der Waals surface area contributed by atoms with Crippen LogP contribution in [0.25, 0.3) is 0 Å². The predicted molar refractivity (Wildman–Crippen MR) is 74.3 cm³/mol. The lowest BCUT2D eigenvalue weighted by atomic mass is 10.2. The third-order valence-electron chi connectivity index (χ3n) is 2.49. The van der Waals surface area contributed by atoms with E-state index in [1.54, 1.807) is 18.3 Å². The topological polar surface area (TPSA) is 65.3 Å². The molecule has 0 unspecified atom stereocenters. The van der Waals surface area contributed by atoms with E-state index in [2.05, 4.69) is 20.9 Å². The van der Waals surface area contributed by atoms with Crippen molar-refractivity contribution in [1.29, 1.82) is 0 Å². The molecular formula is C13H11BrN2O3. The maximum Gasteiger partial charge on any atom is 0.269 e. The van der Waals surface area contributed by atoms with E-state index in [1.807, 2.05) is 12.1 Å². The first-order chi connectivity index (χ1) is 9.19. The zero-order valence-corrected chi connectivity index (χ0v) is 11.5. The maximum absolute atomic E-state index is 10.5. The lowest BCUT2D eigenvalue weighted by molar-refractivity contribution is -0.384. The molecule has 0 saturated heterocycles. The number of hydrogen-bond acceptors (Lipinski definition) is 4. The van der Waals surface area contributed by atoms with Gasteiger partial charge >= 0.3 is 0 Å². The van der Waals surface area contributed by atoms with Crippen LogP contribution in [0.1, 0.15) is 11.3 Å². The van der Waals surface area contributed by atoms with Crippen LogP contribution in [0.15, 0.2) is 42.6 Å². The highest BCUT2D eigenvalue weighted by atomic mass is 79.9. The SMILES string of the molecule is O=[N+]([O-])c1ccc(COc2ccc(CBr)nc2)cc1. The molecule has 1 aromatic carbocycles. The van der Waals surface area contributed by atoms with Crippen molar-refractivity contribution in [2.24, 2.45) is 0 Å². The highest BCUT2D eigenvalue weighted by Crippen LogP contribution is 2.15. The molecule has 0 aliphatic heterocycles. The molecular weight excluding hydrogens is 312 g/mol. The van der Waals surface area contributed by atoms with E-state index in [-0.39, 0.29) is 5.69 Å². The summed E-state index contributed by atoms with van der Waals surface area (Å²) in [5, 5.41) is 11.2. The molecule has 0 fully saturated rings. The van der Waals surface area contributed by atoms with Crippen LogP contribution in [-0.4, -0.2) is 9.91 Å². The minimum absolute atomic E-state index is 0.0760. The van der Waals surface area contributed by atoms with Crippen LogP contribution in [-0.2, 0) is 11.9 Å². The Bertz CT molecular complexity index is 555. The van der Waals surface area contributed by atoms with Gasteiger partial charge in [0.15, 0.2) is 0 Å². The first-order valence-electron chi connectivity index (χ1n) is 5.56. The van der Waals surface area contributed by atoms with Gasteiger partial charge in [-0.25, -0.2) is 0 Å². The number of nitro groups is 1. The van der Waals surface area contributed by atoms with Crippen LogP contribution in [0.4, 0.5) is 5.69 Å². The normalized spacial score (nSPS) is 10.2. The molecule has 0 bridgehead atoms. The molecule has 0 spiro atoms. The third-order valence-corrected chi connectivity index (χ3v) is 3.06. The Labute approximate surface area is 118 Å². The number of aromatic nitrogens is 1. The summed E-state index contributed by atoms with van der Waals surface area (Å²) in [4.78, 5) is 14.3. The van der Waals surface area contributed by atoms with Gasteiger partial charge in [-0.3, -0.25) is 15.1 Å². The van der Waals surface area contributed by atoms with E-state index in [1.165, 1.54) is 12.1 Å². The molecule has 0 atom stereocenters. The van der Waals surface area contributed by atoms with Crippen LogP contribution < -0.4 is 4.74 Å². The predicted octanol–water partition coefficient (Wildman–Crippen LogP) is 3.46. The number of pyridine rings is 1. The molecule has 6 heteroatoms. The Hall–Kier alpha value is -1.95. The largest absolute Gasteiger partial charge is 0.487 e. The van der Waals surface area contributed by atoms with E-state index in [0.29, 0.717) is 17.7 Å². The van der Waals surface area contributed by atoms with Gasteiger partial charge in [0, 0.05) is 17.5 Å². The highest BCUT2D eigenvalue weighted by molar-refractivity contribution is 9.08. The van der Waals surface area contributed by atoms with Gasteiger partial charge in [0.25, 0.3) is 5.69 Å². The van der Waals surface area contributed by atoms with E-state index < -0.39 is 4.92 Å². The Morgan fingerprint density at radius 1 is 1.21 bits per heavy atom. The molecule has 0 radical (unpaired) electrons. The van der Waals surface area contributed by atoms with E-state index in [9.17, 15) is 10.1 Å². The summed E-state index contributed by atoms with van der Waals surface area (Å²) in [7, 11) is 0. The molecule has 0 aliphatic rings. The molecule has 0 saturated carbocycles. The number of non-ortho nitro benzene ring substituents is 1. The summed E-state index contributed by atoms with van der Waals surface area (Å²) in [6, 6.07) is 10.0. The summed E-state index contributed by atoms with van der Waals surface area (Å²) in [6.07, 6.45) is 1.65. The Kier molecular flexibility index (Phi) is 4.46. The standard InChI is InChI=1S/C13H11BrN2O3/c14-7-11-3-6-13(8-15-11)19-9-10-1-4-12(5-2-10)16(17)18/h1-6,8H,7,9H2. The zero-order chi connectivity index (χ0) is 13.7. The maximum atomic E-state index is 10.5. The van der Waals surface area contributed by atoms with Gasteiger partial charge in [-0.15, -0.1) is 0 Å². The number of benzene rings is 1. The first-order valence-corrected chi connectivity index (χ1v) is 6.68. The van der Waals surface area contributed by atoms with Gasteiger partial charge in [0.1, 0.15) is 12.4 Å². The summed E-state index contributed by atoms with van der Waals surface area (Å²) < 4.78 is 5.54. The molecule has 5 nitrogen and oxygen atoms in total. The minimum Gasteiger partial charge on any atom is -0.487 e. The molecule has 2 rings (SSSR count). The number of nitro benzene ring substituents is 1. The van der Waals surface area contributed by atoms with Crippen LogP contribution >= 0.6 is 15.9 Å². The highest BCUT2D eigenvalue weighted by Gasteiger charge is 2.04. The fourth-order valence-electron chi connectivity index (χ4n) is 1.46. The van der Waals surface area contributed by atoms with Gasteiger partial charge in [0.2, 0.25) is 0 Å². The molecule has 1 aromatic heterocycles. The number of nitrogens with zero attached hydrogens (tertiary/aromatic N) is 2. The zero-order valence-electron chi connectivity index (χ0n) is 9.95.